The van der Waals surface area contributed by atoms with Gasteiger partial charge < -0.3 is 10.3 Å². The molecule has 3 rings (SSSR count). The van der Waals surface area contributed by atoms with Crippen LogP contribution in [0, 0.1) is 0 Å². The first kappa shape index (κ1) is 11.0. The average Bonchev–Trinajstić information content (AvgIpc) is 3.05. The van der Waals surface area contributed by atoms with Gasteiger partial charge in [-0.3, -0.25) is 4.68 Å². The third-order valence-electron chi connectivity index (χ3n) is 3.07. The van der Waals surface area contributed by atoms with Crippen molar-refractivity contribution in [2.24, 2.45) is 0 Å². The summed E-state index contributed by atoms with van der Waals surface area (Å²) in [5, 5.41) is 8.88. The summed E-state index contributed by atoms with van der Waals surface area (Å²) in [7, 11) is 0. The summed E-state index contributed by atoms with van der Waals surface area (Å²) in [6.45, 7) is 2.69. The standard InChI is InChI=1S/C14H16N4/c1-3-12-5-7-16-14(12)13(4-1)11-15-8-10-18-9-2-6-17-18/h1-7,9,15-16H,8,10-11H2. The van der Waals surface area contributed by atoms with Crippen LogP contribution in [0.4, 0.5) is 0 Å². The van der Waals surface area contributed by atoms with Crippen LogP contribution >= 0.6 is 0 Å². The second-order valence-corrected chi connectivity index (χ2v) is 4.30. The predicted octanol–water partition coefficient (Wildman–Crippen LogP) is 2.15. The van der Waals surface area contributed by atoms with Gasteiger partial charge in [0.1, 0.15) is 0 Å². The summed E-state index contributed by atoms with van der Waals surface area (Å²) in [6.07, 6.45) is 5.77. The fourth-order valence-electron chi connectivity index (χ4n) is 2.15. The number of nitrogens with one attached hydrogen (secondary N) is 2. The largest absolute Gasteiger partial charge is 0.361 e. The Balaban J connectivity index is 1.58. The van der Waals surface area contributed by atoms with E-state index >= 15 is 0 Å². The zero-order chi connectivity index (χ0) is 12.2. The third kappa shape index (κ3) is 2.28. The van der Waals surface area contributed by atoms with Gasteiger partial charge in [-0.1, -0.05) is 18.2 Å². The highest BCUT2D eigenvalue weighted by Crippen LogP contribution is 2.16. The highest BCUT2D eigenvalue weighted by atomic mass is 15.3. The van der Waals surface area contributed by atoms with Crippen LogP contribution < -0.4 is 5.32 Å². The molecule has 1 aromatic carbocycles. The van der Waals surface area contributed by atoms with E-state index in [1.54, 1.807) is 6.20 Å². The molecule has 92 valence electrons. The molecule has 0 amide bonds. The monoisotopic (exact) mass is 240 g/mol. The molecule has 0 aliphatic carbocycles. The SMILES string of the molecule is c1cc(CNCCn2cccn2)c2[nH]ccc2c1. The first-order valence-electron chi connectivity index (χ1n) is 6.16. The minimum absolute atomic E-state index is 0.874. The Morgan fingerprint density at radius 3 is 3.11 bits per heavy atom. The molecule has 4 heteroatoms. The fourth-order valence-corrected chi connectivity index (χ4v) is 2.15. The van der Waals surface area contributed by atoms with Crippen molar-refractivity contribution in [3.63, 3.8) is 0 Å². The van der Waals surface area contributed by atoms with Gasteiger partial charge in [-0.25, -0.2) is 0 Å². The van der Waals surface area contributed by atoms with Crippen LogP contribution in [0.2, 0.25) is 0 Å². The average molecular weight is 240 g/mol. The smallest absolute Gasteiger partial charge is 0.0534 e. The maximum absolute atomic E-state index is 4.17. The Bertz CT molecular complexity index is 610. The Morgan fingerprint density at radius 1 is 1.22 bits per heavy atom. The first-order valence-corrected chi connectivity index (χ1v) is 6.16. The van der Waals surface area contributed by atoms with Crippen LogP contribution in [0.1, 0.15) is 5.56 Å². The lowest BCUT2D eigenvalue weighted by molar-refractivity contribution is 0.555. The summed E-state index contributed by atoms with van der Waals surface area (Å²) in [4.78, 5) is 3.29. The normalized spacial score (nSPS) is 11.1. The van der Waals surface area contributed by atoms with E-state index in [2.05, 4.69) is 39.7 Å². The van der Waals surface area contributed by atoms with Crippen LogP contribution in [0.3, 0.4) is 0 Å². The lowest BCUT2D eigenvalue weighted by Crippen LogP contribution is -2.19. The number of rotatable bonds is 5. The second kappa shape index (κ2) is 5.06. The molecular weight excluding hydrogens is 224 g/mol. The van der Waals surface area contributed by atoms with Crippen molar-refractivity contribution in [1.29, 1.82) is 0 Å². The number of fused-ring (bicyclic) bond motifs is 1. The molecule has 2 N–H and O–H groups in total. The van der Waals surface area contributed by atoms with Gasteiger partial charge in [0.15, 0.2) is 0 Å². The van der Waals surface area contributed by atoms with Crippen LogP contribution in [0.25, 0.3) is 10.9 Å². The third-order valence-corrected chi connectivity index (χ3v) is 3.07. The van der Waals surface area contributed by atoms with Crippen molar-refractivity contribution in [2.75, 3.05) is 6.54 Å². The number of hydrogen-bond acceptors (Lipinski definition) is 2. The van der Waals surface area contributed by atoms with Crippen molar-refractivity contribution in [3.05, 3.63) is 54.5 Å². The molecule has 0 fully saturated rings. The molecular formula is C14H16N4. The zero-order valence-corrected chi connectivity index (χ0v) is 10.1. The van der Waals surface area contributed by atoms with Gasteiger partial charge in [0.25, 0.3) is 0 Å². The van der Waals surface area contributed by atoms with E-state index in [0.717, 1.165) is 19.6 Å². The van der Waals surface area contributed by atoms with Crippen molar-refractivity contribution < 1.29 is 0 Å². The molecule has 0 spiro atoms. The van der Waals surface area contributed by atoms with Gasteiger partial charge in [-0.15, -0.1) is 0 Å². The van der Waals surface area contributed by atoms with Crippen LogP contribution in [-0.4, -0.2) is 21.3 Å². The van der Waals surface area contributed by atoms with E-state index in [-0.39, 0.29) is 0 Å². The van der Waals surface area contributed by atoms with E-state index in [0.29, 0.717) is 0 Å². The first-order chi connectivity index (χ1) is 8.93. The summed E-state index contributed by atoms with van der Waals surface area (Å²) >= 11 is 0. The molecule has 0 aliphatic rings. The maximum atomic E-state index is 4.17. The van der Waals surface area contributed by atoms with Crippen LogP contribution in [-0.2, 0) is 13.1 Å². The Hall–Kier alpha value is -2.07. The summed E-state index contributed by atoms with van der Waals surface area (Å²) < 4.78 is 1.93. The predicted molar refractivity (Wildman–Crippen MR) is 72.2 cm³/mol. The highest BCUT2D eigenvalue weighted by molar-refractivity contribution is 5.82. The van der Waals surface area contributed by atoms with Crippen molar-refractivity contribution in [3.8, 4) is 0 Å². The molecule has 18 heavy (non-hydrogen) atoms. The number of nitrogens with zero attached hydrogens (tertiary/aromatic N) is 2. The summed E-state index contributed by atoms with van der Waals surface area (Å²) in [6, 6.07) is 10.4. The molecule has 0 unspecified atom stereocenters. The summed E-state index contributed by atoms with van der Waals surface area (Å²) in [5.74, 6) is 0. The number of aromatic amines is 1. The maximum Gasteiger partial charge on any atom is 0.0534 e. The summed E-state index contributed by atoms with van der Waals surface area (Å²) in [5.41, 5.74) is 2.53. The molecule has 0 saturated carbocycles. The lowest BCUT2D eigenvalue weighted by Gasteiger charge is -2.06. The van der Waals surface area contributed by atoms with Gasteiger partial charge in [0, 0.05) is 37.2 Å². The van der Waals surface area contributed by atoms with E-state index in [1.807, 2.05) is 23.1 Å². The molecule has 2 aromatic heterocycles. The molecule has 2 heterocycles. The quantitative estimate of drug-likeness (QED) is 0.671. The number of para-hydroxylation sites is 1. The van der Waals surface area contributed by atoms with E-state index < -0.39 is 0 Å². The second-order valence-electron chi connectivity index (χ2n) is 4.30. The topological polar surface area (TPSA) is 45.6 Å². The molecule has 4 nitrogen and oxygen atoms in total. The number of hydrogen-bond donors (Lipinski definition) is 2. The van der Waals surface area contributed by atoms with Gasteiger partial charge in [-0.2, -0.15) is 5.10 Å². The molecule has 0 saturated heterocycles. The van der Waals surface area contributed by atoms with Crippen LogP contribution in [0.15, 0.2) is 48.9 Å². The molecule has 0 atom stereocenters. The van der Waals surface area contributed by atoms with Crippen LogP contribution in [0.5, 0.6) is 0 Å². The minimum atomic E-state index is 0.874. The van der Waals surface area contributed by atoms with E-state index in [9.17, 15) is 0 Å². The Kier molecular flexibility index (Phi) is 3.10. The van der Waals surface area contributed by atoms with E-state index in [4.69, 9.17) is 0 Å². The van der Waals surface area contributed by atoms with Crippen molar-refractivity contribution in [2.45, 2.75) is 13.1 Å². The lowest BCUT2D eigenvalue weighted by atomic mass is 10.1. The highest BCUT2D eigenvalue weighted by Gasteiger charge is 2.00. The molecule has 3 aromatic rings. The zero-order valence-electron chi connectivity index (χ0n) is 10.1. The molecule has 0 aliphatic heterocycles. The van der Waals surface area contributed by atoms with Gasteiger partial charge in [0.2, 0.25) is 0 Å². The number of H-pyrrole nitrogens is 1. The fraction of sp³-hybridized carbons (Fsp3) is 0.214. The minimum Gasteiger partial charge on any atom is -0.361 e. The van der Waals surface area contributed by atoms with Gasteiger partial charge in [-0.05, 0) is 23.1 Å². The van der Waals surface area contributed by atoms with Crippen molar-refractivity contribution in [1.82, 2.24) is 20.1 Å². The Labute approximate surface area is 106 Å². The van der Waals surface area contributed by atoms with Crippen molar-refractivity contribution >= 4 is 10.9 Å². The molecule has 0 bridgehead atoms. The van der Waals surface area contributed by atoms with Gasteiger partial charge in [0.05, 0.1) is 6.54 Å². The number of benzene rings is 1. The number of aromatic nitrogens is 3. The molecule has 0 radical (unpaired) electrons. The van der Waals surface area contributed by atoms with Gasteiger partial charge >= 0.3 is 0 Å². The Morgan fingerprint density at radius 2 is 2.22 bits per heavy atom. The van der Waals surface area contributed by atoms with E-state index in [1.165, 1.54) is 16.5 Å².